The summed E-state index contributed by atoms with van der Waals surface area (Å²) in [5.74, 6) is -0.607. The van der Waals surface area contributed by atoms with Crippen LogP contribution in [0, 0.1) is 6.92 Å². The van der Waals surface area contributed by atoms with Crippen molar-refractivity contribution >= 4 is 27.5 Å². The molecule has 0 aliphatic heterocycles. The molecule has 0 saturated carbocycles. The summed E-state index contributed by atoms with van der Waals surface area (Å²) in [7, 11) is 0. The summed E-state index contributed by atoms with van der Waals surface area (Å²) in [5, 5.41) is 8.19. The van der Waals surface area contributed by atoms with Crippen LogP contribution in [0.5, 0.6) is 0 Å². The molecule has 0 saturated heterocycles. The van der Waals surface area contributed by atoms with Crippen LogP contribution in [-0.2, 0) is 17.8 Å². The predicted octanol–water partition coefficient (Wildman–Crippen LogP) is 0.209. The number of primary amides is 1. The van der Waals surface area contributed by atoms with Crippen LogP contribution in [0.25, 0.3) is 10.2 Å². The van der Waals surface area contributed by atoms with E-state index in [9.17, 15) is 9.59 Å². The Kier molecular flexibility index (Phi) is 2.93. The van der Waals surface area contributed by atoms with E-state index in [-0.39, 0.29) is 12.1 Å². The second kappa shape index (κ2) is 4.25. The fourth-order valence-corrected chi connectivity index (χ4v) is 2.77. The molecule has 2 aromatic rings. The van der Waals surface area contributed by atoms with Crippen molar-refractivity contribution in [1.82, 2.24) is 15.0 Å². The molecule has 2 N–H and O–H groups in total. The van der Waals surface area contributed by atoms with Crippen LogP contribution >= 0.6 is 11.3 Å². The van der Waals surface area contributed by atoms with E-state index in [2.05, 4.69) is 10.3 Å². The molecule has 0 fully saturated rings. The summed E-state index contributed by atoms with van der Waals surface area (Å²) in [6.07, 6.45) is 0.849. The molecule has 0 radical (unpaired) electrons. The average molecular weight is 252 g/mol. The highest BCUT2D eigenvalue weighted by Gasteiger charge is 2.14. The number of fused-ring (bicyclic) bond motifs is 1. The van der Waals surface area contributed by atoms with Crippen LogP contribution in [0.3, 0.4) is 0 Å². The van der Waals surface area contributed by atoms with E-state index < -0.39 is 5.91 Å². The van der Waals surface area contributed by atoms with Gasteiger partial charge in [0.2, 0.25) is 5.91 Å². The highest BCUT2D eigenvalue weighted by molar-refractivity contribution is 7.18. The molecule has 0 aromatic carbocycles. The monoisotopic (exact) mass is 252 g/mol. The Labute approximate surface area is 101 Å². The lowest BCUT2D eigenvalue weighted by Gasteiger charge is -1.99. The number of aromatic nitrogens is 3. The van der Waals surface area contributed by atoms with E-state index in [1.165, 1.54) is 11.3 Å². The Morgan fingerprint density at radius 1 is 1.53 bits per heavy atom. The third kappa shape index (κ3) is 1.93. The molecule has 0 bridgehead atoms. The number of hydrogen-bond acceptors (Lipinski definition) is 5. The topological polar surface area (TPSA) is 90.9 Å². The number of nitrogens with zero attached hydrogens (tertiary/aromatic N) is 3. The largest absolute Gasteiger partial charge is 0.368 e. The first-order valence-corrected chi connectivity index (χ1v) is 6.00. The van der Waals surface area contributed by atoms with Gasteiger partial charge in [0.15, 0.2) is 4.83 Å². The maximum atomic E-state index is 12.1. The summed E-state index contributed by atoms with van der Waals surface area (Å²) in [4.78, 5) is 24.6. The van der Waals surface area contributed by atoms with Crippen molar-refractivity contribution in [3.63, 3.8) is 0 Å². The molecule has 2 rings (SSSR count). The van der Waals surface area contributed by atoms with Crippen LogP contribution in [0.15, 0.2) is 4.79 Å². The van der Waals surface area contributed by atoms with Gasteiger partial charge in [-0.25, -0.2) is 4.68 Å². The fraction of sp³-hybridized carbons (Fsp3) is 0.400. The first-order chi connectivity index (χ1) is 8.04. The molecule has 0 atom stereocenters. The molecule has 7 heteroatoms. The second-order valence-corrected chi connectivity index (χ2v) is 4.79. The lowest BCUT2D eigenvalue weighted by Crippen LogP contribution is -2.30. The number of carbonyl (C=O) groups excluding carboxylic acids is 1. The van der Waals surface area contributed by atoms with Crippen molar-refractivity contribution < 1.29 is 4.79 Å². The van der Waals surface area contributed by atoms with Gasteiger partial charge in [0.25, 0.3) is 5.56 Å². The van der Waals surface area contributed by atoms with Crippen LogP contribution in [-0.4, -0.2) is 20.9 Å². The number of rotatable bonds is 3. The van der Waals surface area contributed by atoms with Gasteiger partial charge in [-0.1, -0.05) is 12.1 Å². The molecular weight excluding hydrogens is 240 g/mol. The van der Waals surface area contributed by atoms with Gasteiger partial charge in [0.1, 0.15) is 6.54 Å². The third-order valence-electron chi connectivity index (χ3n) is 2.55. The third-order valence-corrected chi connectivity index (χ3v) is 3.87. The fourth-order valence-electron chi connectivity index (χ4n) is 1.72. The number of carbonyl (C=O) groups is 1. The molecule has 0 unspecified atom stereocenters. The first-order valence-electron chi connectivity index (χ1n) is 5.18. The van der Waals surface area contributed by atoms with Gasteiger partial charge in [-0.2, -0.15) is 0 Å². The van der Waals surface area contributed by atoms with E-state index in [1.807, 2.05) is 13.8 Å². The zero-order chi connectivity index (χ0) is 12.6. The minimum atomic E-state index is -0.607. The number of aryl methyl sites for hydroxylation is 2. The number of nitrogens with two attached hydrogens (primary N) is 1. The molecule has 17 heavy (non-hydrogen) atoms. The van der Waals surface area contributed by atoms with Crippen molar-refractivity contribution in [2.45, 2.75) is 26.8 Å². The van der Waals surface area contributed by atoms with Crippen molar-refractivity contribution in [3.05, 3.63) is 20.8 Å². The van der Waals surface area contributed by atoms with E-state index in [4.69, 9.17) is 5.73 Å². The van der Waals surface area contributed by atoms with Crippen LogP contribution in [0.4, 0.5) is 0 Å². The van der Waals surface area contributed by atoms with E-state index in [1.54, 1.807) is 0 Å². The van der Waals surface area contributed by atoms with Crippen molar-refractivity contribution in [2.75, 3.05) is 0 Å². The van der Waals surface area contributed by atoms with Crippen LogP contribution in [0.2, 0.25) is 0 Å². The average Bonchev–Trinajstić information content (AvgIpc) is 2.59. The van der Waals surface area contributed by atoms with Crippen molar-refractivity contribution in [3.8, 4) is 0 Å². The van der Waals surface area contributed by atoms with Gasteiger partial charge in [-0.15, -0.1) is 16.4 Å². The van der Waals surface area contributed by atoms with E-state index >= 15 is 0 Å². The maximum Gasteiger partial charge on any atom is 0.279 e. The molecule has 2 heterocycles. The molecule has 2 aromatic heterocycles. The van der Waals surface area contributed by atoms with Crippen molar-refractivity contribution in [1.29, 1.82) is 0 Å². The molecule has 1 amide bonds. The van der Waals surface area contributed by atoms with Gasteiger partial charge in [-0.05, 0) is 18.9 Å². The maximum absolute atomic E-state index is 12.1. The van der Waals surface area contributed by atoms with Crippen molar-refractivity contribution in [2.24, 2.45) is 5.73 Å². The quantitative estimate of drug-likeness (QED) is 0.845. The number of amides is 1. The van der Waals surface area contributed by atoms with Gasteiger partial charge < -0.3 is 5.73 Å². The summed E-state index contributed by atoms with van der Waals surface area (Å²) in [6.45, 7) is 3.67. The highest BCUT2D eigenvalue weighted by atomic mass is 32.1. The van der Waals surface area contributed by atoms with Gasteiger partial charge in [-0.3, -0.25) is 9.59 Å². The molecule has 0 spiro atoms. The molecular formula is C10H12N4O2S. The van der Waals surface area contributed by atoms with Gasteiger partial charge in [0.05, 0.1) is 5.39 Å². The molecule has 0 aliphatic carbocycles. The molecule has 0 aliphatic rings. The zero-order valence-corrected chi connectivity index (χ0v) is 10.4. The summed E-state index contributed by atoms with van der Waals surface area (Å²) in [5.41, 5.74) is 5.66. The van der Waals surface area contributed by atoms with E-state index in [0.29, 0.717) is 10.2 Å². The molecule has 90 valence electrons. The summed E-state index contributed by atoms with van der Waals surface area (Å²) < 4.78 is 1.00. The normalized spacial score (nSPS) is 10.9. The second-order valence-electron chi connectivity index (χ2n) is 3.70. The Bertz CT molecular complexity index is 644. The SMILES string of the molecule is CCc1sc2nnn(CC(N)=O)c(=O)c2c1C. The Hall–Kier alpha value is -1.76. The standard InChI is InChI=1S/C10H12N4O2S/c1-3-6-5(2)8-9(17-6)12-13-14(10(8)16)4-7(11)15/h3-4H2,1-2H3,(H2,11,15). The number of hydrogen-bond donors (Lipinski definition) is 1. The predicted molar refractivity (Wildman–Crippen MR) is 65.0 cm³/mol. The number of thiophene rings is 1. The zero-order valence-electron chi connectivity index (χ0n) is 9.56. The molecule has 6 nitrogen and oxygen atoms in total. The summed E-state index contributed by atoms with van der Waals surface area (Å²) >= 11 is 1.46. The first kappa shape index (κ1) is 11.7. The lowest BCUT2D eigenvalue weighted by molar-refractivity contribution is -0.118. The minimum Gasteiger partial charge on any atom is -0.368 e. The Morgan fingerprint density at radius 2 is 2.24 bits per heavy atom. The van der Waals surface area contributed by atoms with Crippen LogP contribution < -0.4 is 11.3 Å². The Balaban J connectivity index is 2.70. The van der Waals surface area contributed by atoms with Gasteiger partial charge in [0, 0.05) is 4.88 Å². The minimum absolute atomic E-state index is 0.238. The highest BCUT2D eigenvalue weighted by Crippen LogP contribution is 2.26. The van der Waals surface area contributed by atoms with E-state index in [0.717, 1.165) is 21.5 Å². The Morgan fingerprint density at radius 3 is 2.82 bits per heavy atom. The summed E-state index contributed by atoms with van der Waals surface area (Å²) in [6, 6.07) is 0. The lowest BCUT2D eigenvalue weighted by atomic mass is 10.2. The van der Waals surface area contributed by atoms with Crippen LogP contribution in [0.1, 0.15) is 17.4 Å². The smallest absolute Gasteiger partial charge is 0.279 e. The van der Waals surface area contributed by atoms with Gasteiger partial charge >= 0.3 is 0 Å².